The lowest BCUT2D eigenvalue weighted by Gasteiger charge is -2.28. The first-order chi connectivity index (χ1) is 11.0. The topological polar surface area (TPSA) is 59.6 Å². The Morgan fingerprint density at radius 2 is 2.26 bits per heavy atom. The average Bonchev–Trinajstić information content (AvgIpc) is 2.97. The van der Waals surface area contributed by atoms with Gasteiger partial charge in [0.25, 0.3) is 0 Å². The first-order valence-electron chi connectivity index (χ1n) is 7.52. The SMILES string of the molecule is COCC1(C(=O)NC(C)c2cccc(OC(F)F)c2)CCNC1. The number of amides is 1. The van der Waals surface area contributed by atoms with Crippen LogP contribution in [0.2, 0.25) is 0 Å². The molecule has 5 nitrogen and oxygen atoms in total. The summed E-state index contributed by atoms with van der Waals surface area (Å²) < 4.78 is 34.2. The molecule has 0 spiro atoms. The maximum absolute atomic E-state index is 12.6. The van der Waals surface area contributed by atoms with Crippen molar-refractivity contribution in [2.75, 3.05) is 26.8 Å². The van der Waals surface area contributed by atoms with Crippen molar-refractivity contribution in [1.29, 1.82) is 0 Å². The molecule has 1 saturated heterocycles. The normalized spacial score (nSPS) is 22.1. The maximum Gasteiger partial charge on any atom is 0.387 e. The van der Waals surface area contributed by atoms with Crippen molar-refractivity contribution in [1.82, 2.24) is 10.6 Å². The Morgan fingerprint density at radius 1 is 1.48 bits per heavy atom. The number of rotatable bonds is 7. The fraction of sp³-hybridized carbons (Fsp3) is 0.562. The second-order valence-corrected chi connectivity index (χ2v) is 5.79. The zero-order valence-electron chi connectivity index (χ0n) is 13.3. The lowest BCUT2D eigenvalue weighted by atomic mass is 9.86. The molecule has 1 aliphatic heterocycles. The summed E-state index contributed by atoms with van der Waals surface area (Å²) in [5, 5.41) is 6.12. The molecule has 0 bridgehead atoms. The summed E-state index contributed by atoms with van der Waals surface area (Å²) in [6, 6.07) is 6.03. The highest BCUT2D eigenvalue weighted by Crippen LogP contribution is 2.28. The van der Waals surface area contributed by atoms with Gasteiger partial charge in [-0.15, -0.1) is 0 Å². The largest absolute Gasteiger partial charge is 0.435 e. The van der Waals surface area contributed by atoms with Crippen LogP contribution in [0.15, 0.2) is 24.3 Å². The summed E-state index contributed by atoms with van der Waals surface area (Å²) in [6.07, 6.45) is 0.702. The minimum atomic E-state index is -2.87. The average molecular weight is 328 g/mol. The quantitative estimate of drug-likeness (QED) is 0.805. The van der Waals surface area contributed by atoms with Gasteiger partial charge in [-0.25, -0.2) is 0 Å². The fourth-order valence-electron chi connectivity index (χ4n) is 2.80. The summed E-state index contributed by atoms with van der Waals surface area (Å²) in [6.45, 7) is 0.608. The van der Waals surface area contributed by atoms with Crippen molar-refractivity contribution < 1.29 is 23.0 Å². The molecule has 2 atom stereocenters. The third-order valence-corrected chi connectivity index (χ3v) is 4.08. The molecule has 2 rings (SSSR count). The van der Waals surface area contributed by atoms with E-state index < -0.39 is 12.0 Å². The smallest absolute Gasteiger partial charge is 0.387 e. The monoisotopic (exact) mass is 328 g/mol. The standard InChI is InChI=1S/C16H22F2N2O3/c1-11(12-4-3-5-13(8-12)23-15(17)18)20-14(21)16(10-22-2)6-7-19-9-16/h3-5,8,11,15,19H,6-7,9-10H2,1-2H3,(H,20,21). The highest BCUT2D eigenvalue weighted by molar-refractivity contribution is 5.83. The van der Waals surface area contributed by atoms with Crippen LogP contribution >= 0.6 is 0 Å². The Kier molecular flexibility index (Phi) is 5.90. The summed E-state index contributed by atoms with van der Waals surface area (Å²) >= 11 is 0. The number of hydrogen-bond donors (Lipinski definition) is 2. The molecule has 1 aromatic rings. The molecule has 23 heavy (non-hydrogen) atoms. The zero-order valence-corrected chi connectivity index (χ0v) is 13.3. The molecule has 2 N–H and O–H groups in total. The third-order valence-electron chi connectivity index (χ3n) is 4.08. The molecule has 2 unspecified atom stereocenters. The molecule has 0 aliphatic carbocycles. The molecule has 1 aliphatic rings. The van der Waals surface area contributed by atoms with E-state index in [0.29, 0.717) is 25.1 Å². The Labute approximate surface area is 134 Å². The van der Waals surface area contributed by atoms with Gasteiger partial charge in [-0.3, -0.25) is 4.79 Å². The van der Waals surface area contributed by atoms with E-state index in [0.717, 1.165) is 6.54 Å². The Bertz CT molecular complexity index is 534. The van der Waals surface area contributed by atoms with Crippen LogP contribution in [0.4, 0.5) is 8.78 Å². The van der Waals surface area contributed by atoms with Gasteiger partial charge in [0, 0.05) is 13.7 Å². The highest BCUT2D eigenvalue weighted by Gasteiger charge is 2.41. The van der Waals surface area contributed by atoms with Gasteiger partial charge in [0.15, 0.2) is 0 Å². The number of methoxy groups -OCH3 is 1. The number of alkyl halides is 2. The van der Waals surface area contributed by atoms with Crippen LogP contribution in [0.1, 0.15) is 24.9 Å². The number of ether oxygens (including phenoxy) is 2. The van der Waals surface area contributed by atoms with Gasteiger partial charge in [0.05, 0.1) is 18.1 Å². The minimum Gasteiger partial charge on any atom is -0.435 e. The molecule has 128 valence electrons. The van der Waals surface area contributed by atoms with E-state index >= 15 is 0 Å². The number of carbonyl (C=O) groups is 1. The predicted molar refractivity (Wildman–Crippen MR) is 81.4 cm³/mol. The lowest BCUT2D eigenvalue weighted by Crippen LogP contribution is -2.46. The Hall–Kier alpha value is -1.73. The van der Waals surface area contributed by atoms with Crippen molar-refractivity contribution in [3.8, 4) is 5.75 Å². The van der Waals surface area contributed by atoms with E-state index in [9.17, 15) is 13.6 Å². The van der Waals surface area contributed by atoms with Crippen LogP contribution in [0.3, 0.4) is 0 Å². The molecule has 1 amide bonds. The molecule has 7 heteroatoms. The summed E-state index contributed by atoms with van der Waals surface area (Å²) in [4.78, 5) is 12.6. The Morgan fingerprint density at radius 3 is 2.87 bits per heavy atom. The number of benzene rings is 1. The molecular formula is C16H22F2N2O3. The van der Waals surface area contributed by atoms with Gasteiger partial charge < -0.3 is 20.1 Å². The van der Waals surface area contributed by atoms with E-state index in [2.05, 4.69) is 15.4 Å². The van der Waals surface area contributed by atoms with Gasteiger partial charge in [-0.05, 0) is 37.6 Å². The lowest BCUT2D eigenvalue weighted by molar-refractivity contribution is -0.133. The molecule has 0 radical (unpaired) electrons. The predicted octanol–water partition coefficient (Wildman–Crippen LogP) is 2.09. The first-order valence-corrected chi connectivity index (χ1v) is 7.52. The number of nitrogens with one attached hydrogen (secondary N) is 2. The molecule has 1 aromatic carbocycles. The minimum absolute atomic E-state index is 0.0766. The van der Waals surface area contributed by atoms with E-state index in [1.54, 1.807) is 19.2 Å². The van der Waals surface area contributed by atoms with Crippen LogP contribution in [0.25, 0.3) is 0 Å². The van der Waals surface area contributed by atoms with Crippen LogP contribution in [-0.2, 0) is 9.53 Å². The third kappa shape index (κ3) is 4.39. The summed E-state index contributed by atoms with van der Waals surface area (Å²) in [7, 11) is 1.57. The van der Waals surface area contributed by atoms with Gasteiger partial charge in [-0.1, -0.05) is 12.1 Å². The zero-order chi connectivity index (χ0) is 16.9. The summed E-state index contributed by atoms with van der Waals surface area (Å²) in [5.74, 6) is -0.0234. The van der Waals surface area contributed by atoms with E-state index in [1.807, 2.05) is 6.92 Å². The van der Waals surface area contributed by atoms with Crippen LogP contribution in [0.5, 0.6) is 5.75 Å². The molecule has 0 saturated carbocycles. The molecule has 1 heterocycles. The van der Waals surface area contributed by atoms with Crippen LogP contribution in [0, 0.1) is 5.41 Å². The van der Waals surface area contributed by atoms with Crippen molar-refractivity contribution in [3.05, 3.63) is 29.8 Å². The first kappa shape index (κ1) is 17.6. The summed E-state index contributed by atoms with van der Waals surface area (Å²) in [5.41, 5.74) is 0.120. The number of hydrogen-bond acceptors (Lipinski definition) is 4. The van der Waals surface area contributed by atoms with E-state index in [4.69, 9.17) is 4.74 Å². The highest BCUT2D eigenvalue weighted by atomic mass is 19.3. The number of carbonyl (C=O) groups excluding carboxylic acids is 1. The van der Waals surface area contributed by atoms with Gasteiger partial charge in [-0.2, -0.15) is 8.78 Å². The molecule has 1 fully saturated rings. The maximum atomic E-state index is 12.6. The van der Waals surface area contributed by atoms with Crippen molar-refractivity contribution in [3.63, 3.8) is 0 Å². The van der Waals surface area contributed by atoms with Gasteiger partial charge in [0.2, 0.25) is 5.91 Å². The van der Waals surface area contributed by atoms with Crippen molar-refractivity contribution >= 4 is 5.91 Å². The molecule has 0 aromatic heterocycles. The second-order valence-electron chi connectivity index (χ2n) is 5.79. The van der Waals surface area contributed by atoms with Crippen molar-refractivity contribution in [2.24, 2.45) is 5.41 Å². The van der Waals surface area contributed by atoms with Crippen LogP contribution < -0.4 is 15.4 Å². The van der Waals surface area contributed by atoms with Crippen LogP contribution in [-0.4, -0.2) is 39.3 Å². The molecular weight excluding hydrogens is 306 g/mol. The Balaban J connectivity index is 2.05. The van der Waals surface area contributed by atoms with Gasteiger partial charge in [0.1, 0.15) is 5.75 Å². The number of halogens is 2. The fourth-order valence-corrected chi connectivity index (χ4v) is 2.80. The van der Waals surface area contributed by atoms with Crippen molar-refractivity contribution in [2.45, 2.75) is 26.0 Å². The van der Waals surface area contributed by atoms with Gasteiger partial charge >= 0.3 is 6.61 Å². The van der Waals surface area contributed by atoms with E-state index in [1.165, 1.54) is 12.1 Å². The van der Waals surface area contributed by atoms with E-state index in [-0.39, 0.29) is 17.7 Å². The second kappa shape index (κ2) is 7.70.